The smallest absolute Gasteiger partial charge is 0.242 e. The van der Waals surface area contributed by atoms with Crippen molar-refractivity contribution in [2.75, 3.05) is 34.5 Å². The Morgan fingerprint density at radius 1 is 0.529 bits per heavy atom. The molecule has 0 aliphatic heterocycles. The molecule has 1 aliphatic carbocycles. The average molecular weight is 1170 g/mol. The molecule has 1 fully saturated rings. The van der Waals surface area contributed by atoms with Crippen LogP contribution >= 0.6 is 68.2 Å². The van der Waals surface area contributed by atoms with Crippen molar-refractivity contribution < 1.29 is 21.6 Å². The van der Waals surface area contributed by atoms with Crippen LogP contribution in [-0.2, 0) is 36.5 Å². The van der Waals surface area contributed by atoms with Crippen LogP contribution in [0, 0.1) is 17.8 Å². The highest BCUT2D eigenvalue weighted by molar-refractivity contribution is 10.0. The van der Waals surface area contributed by atoms with Crippen molar-refractivity contribution in [2.24, 2.45) is 17.8 Å². The Kier molecular flexibility index (Phi) is 38.3. The van der Waals surface area contributed by atoms with Gasteiger partial charge in [-0.15, -0.1) is 0 Å². The molecule has 2 nitrogen and oxygen atoms in total. The zero-order valence-corrected chi connectivity index (χ0v) is 53.5. The van der Waals surface area contributed by atoms with Gasteiger partial charge in [-0.2, -0.15) is 24.9 Å². The number of unbranched alkanes of at least 4 members (excludes halogenated alkanes) is 19. The first-order valence-electron chi connectivity index (χ1n) is 27.9. The zero-order valence-electron chi connectivity index (χ0n) is 44.5. The standard InChI is InChI=1S/C52H105F3O2S11/c1-8-12-15-17-26-33-44-62-68(52(53,54)55,61-43-32-24-16-13-9-2,64-46-41-49(7)37-35-36-48(5)6,65-67(57,59)66(56,58)47-50(11-4)38-14-10-3)63-45-34-27-23-21-19-18-20-22-25-31-42-60-51-39-29-28-30-40-51/h48-51H,8-47H2,1-7H3. The fraction of sp³-hybridized carbons (Fsp3) is 1.00. The van der Waals surface area contributed by atoms with Crippen LogP contribution in [0.15, 0.2) is 0 Å². The molecule has 68 heavy (non-hydrogen) atoms. The highest BCUT2D eigenvalue weighted by atomic mass is 34.4. The van der Waals surface area contributed by atoms with Crippen LogP contribution in [0.2, 0.25) is 0 Å². The lowest BCUT2D eigenvalue weighted by Gasteiger charge is -2.74. The van der Waals surface area contributed by atoms with Gasteiger partial charge in [-0.3, -0.25) is 0 Å². The molecule has 0 radical (unpaired) electrons. The maximum Gasteiger partial charge on any atom is 0.451 e. The molecule has 4 atom stereocenters. The quantitative estimate of drug-likeness (QED) is 0.0434. The van der Waals surface area contributed by atoms with Gasteiger partial charge in [0.05, 0.1) is 0 Å². The Morgan fingerprint density at radius 3 is 1.38 bits per heavy atom. The van der Waals surface area contributed by atoms with Gasteiger partial charge in [0.1, 0.15) is 7.52 Å². The lowest BCUT2D eigenvalue weighted by atomic mass is 9.98. The van der Waals surface area contributed by atoms with Crippen LogP contribution in [0.3, 0.4) is 0 Å². The summed E-state index contributed by atoms with van der Waals surface area (Å²) in [7, 11) is 1.03. The Bertz CT molecular complexity index is 1480. The van der Waals surface area contributed by atoms with Crippen LogP contribution in [-0.4, -0.2) is 53.7 Å². The second kappa shape index (κ2) is 37.7. The number of alkyl halides is 3. The van der Waals surface area contributed by atoms with Gasteiger partial charge < -0.3 is 0 Å². The van der Waals surface area contributed by atoms with Gasteiger partial charge >= 0.3 is 5.51 Å². The fourth-order valence-electron chi connectivity index (χ4n) is 8.92. The normalized spacial score (nSPS) is 18.0. The van der Waals surface area contributed by atoms with Crippen LogP contribution in [0.1, 0.15) is 267 Å². The average Bonchev–Trinajstić information content (AvgIpc) is 3.28. The number of halogens is 3. The van der Waals surface area contributed by atoms with Crippen molar-refractivity contribution in [3.05, 3.63) is 0 Å². The highest BCUT2D eigenvalue weighted by Crippen LogP contribution is 3.27. The van der Waals surface area contributed by atoms with Crippen LogP contribution in [0.4, 0.5) is 13.2 Å². The van der Waals surface area contributed by atoms with E-state index in [1.165, 1.54) is 76.4 Å². The second-order valence-electron chi connectivity index (χ2n) is 20.5. The van der Waals surface area contributed by atoms with Crippen LogP contribution in [0.25, 0.3) is 0 Å². The third-order valence-corrected chi connectivity index (χ3v) is 70.9. The Hall–Kier alpha value is 2.98. The van der Waals surface area contributed by atoms with Crippen molar-refractivity contribution in [2.45, 2.75) is 278 Å². The summed E-state index contributed by atoms with van der Waals surface area (Å²) in [5.41, 5.74) is -4.77. The van der Waals surface area contributed by atoms with Gasteiger partial charge in [-0.1, -0.05) is 259 Å². The van der Waals surface area contributed by atoms with Crippen molar-refractivity contribution in [3.63, 3.8) is 0 Å². The second-order valence-corrected chi connectivity index (χ2v) is 62.8. The fourth-order valence-corrected chi connectivity index (χ4v) is 80.5. The number of thioether (sulfide) groups is 1. The van der Waals surface area contributed by atoms with E-state index in [0.717, 1.165) is 164 Å². The van der Waals surface area contributed by atoms with E-state index in [-0.39, 0.29) is 17.6 Å². The van der Waals surface area contributed by atoms with Crippen LogP contribution < -0.4 is 0 Å². The molecule has 16 heteroatoms. The number of hydrogen-bond acceptors (Lipinski definition) is 10. The van der Waals surface area contributed by atoms with E-state index < -0.39 is 23.0 Å². The van der Waals surface area contributed by atoms with Gasteiger partial charge in [-0.25, -0.2) is 8.42 Å². The van der Waals surface area contributed by atoms with E-state index in [1.807, 2.05) is 6.92 Å². The van der Waals surface area contributed by atoms with E-state index in [0.29, 0.717) is 70.9 Å². The lowest BCUT2D eigenvalue weighted by Crippen LogP contribution is -2.38. The molecule has 1 rings (SSSR count). The molecule has 1 aliphatic rings. The van der Waals surface area contributed by atoms with E-state index in [1.54, 1.807) is 0 Å². The van der Waals surface area contributed by atoms with E-state index in [2.05, 4.69) is 53.3 Å². The summed E-state index contributed by atoms with van der Waals surface area (Å²) in [6.07, 6.45) is 35.9. The summed E-state index contributed by atoms with van der Waals surface area (Å²) >= 11 is 14.1. The summed E-state index contributed by atoms with van der Waals surface area (Å²) < 4.78 is 78.1. The van der Waals surface area contributed by atoms with Gasteiger partial charge in [0.25, 0.3) is 0 Å². The third kappa shape index (κ3) is 25.4. The summed E-state index contributed by atoms with van der Waals surface area (Å²) in [5.74, 6) is 3.25. The molecule has 0 aromatic heterocycles. The van der Waals surface area contributed by atoms with Crippen molar-refractivity contribution in [1.29, 1.82) is 0 Å². The Balaban J connectivity index is 3.60. The molecule has 4 unspecified atom stereocenters. The Labute approximate surface area is 451 Å². The number of rotatable bonds is 47. The first kappa shape index (κ1) is 69.0. The maximum atomic E-state index is 17.8. The topological polar surface area (TPSA) is 34.1 Å². The van der Waals surface area contributed by atoms with E-state index in [9.17, 15) is 4.21 Å². The number of hydrogen-bond donors (Lipinski definition) is 0. The largest absolute Gasteiger partial charge is 0.451 e. The molecule has 0 spiro atoms. The summed E-state index contributed by atoms with van der Waals surface area (Å²) in [5, 5.41) is 0.899. The molecule has 0 bridgehead atoms. The minimum atomic E-state index is -5.88. The van der Waals surface area contributed by atoms with Gasteiger partial charge in [0.2, 0.25) is 0 Å². The summed E-state index contributed by atoms with van der Waals surface area (Å²) in [6, 6.07) is 0. The third-order valence-electron chi connectivity index (χ3n) is 13.6. The lowest BCUT2D eigenvalue weighted by molar-refractivity contribution is -0.0343. The molecule has 1 saturated carbocycles. The predicted octanol–water partition coefficient (Wildman–Crippen LogP) is 22.3. The molecule has 412 valence electrons. The maximum absolute atomic E-state index is 17.8. The molecule has 0 aromatic rings. The predicted molar refractivity (Wildman–Crippen MR) is 330 cm³/mol. The van der Waals surface area contributed by atoms with E-state index in [4.69, 9.17) is 22.4 Å². The van der Waals surface area contributed by atoms with Crippen molar-refractivity contribution in [1.82, 2.24) is 0 Å². The molecule has 0 heterocycles. The minimum absolute atomic E-state index is 0.0502. The Morgan fingerprint density at radius 2 is 0.956 bits per heavy atom. The molecule has 0 aromatic carbocycles. The molecule has 0 amide bonds. The van der Waals surface area contributed by atoms with Crippen LogP contribution in [0.5, 0.6) is 0 Å². The molecular formula is C52H105F3O2S11. The monoisotopic (exact) mass is 1170 g/mol. The van der Waals surface area contributed by atoms with Gasteiger partial charge in [0.15, 0.2) is 6.56 Å². The van der Waals surface area contributed by atoms with Gasteiger partial charge in [-0.05, 0) is 86.1 Å². The molecule has 0 N–H and O–H groups in total. The SMILES string of the molecule is CCCCCCCCSS(SCCCCCCC)(SCCCCCCCCCCCCSC1CCCCC1)(SCCC(C)CCCC(C)C)(SS(=O)(=S)S(=O)(=S)CC(CC)CCCC)C(F)(F)F. The molecular weight excluding hydrogens is 1070 g/mol. The minimum Gasteiger partial charge on any atom is -0.242 e. The van der Waals surface area contributed by atoms with Gasteiger partial charge in [0, 0.05) is 58.5 Å². The first-order valence-corrected chi connectivity index (χ1v) is 44.9. The van der Waals surface area contributed by atoms with Crippen molar-refractivity contribution >= 4 is 105 Å². The van der Waals surface area contributed by atoms with E-state index >= 15 is 17.4 Å². The zero-order chi connectivity index (χ0) is 50.7. The summed E-state index contributed by atoms with van der Waals surface area (Å²) in [6.45, 7) is 10.9. The highest BCUT2D eigenvalue weighted by Gasteiger charge is 2.82. The first-order chi connectivity index (χ1) is 32.3. The van der Waals surface area contributed by atoms with Crippen molar-refractivity contribution in [3.8, 4) is 0 Å². The molecule has 0 saturated heterocycles. The summed E-state index contributed by atoms with van der Waals surface area (Å²) in [4.78, 5) is 0.